The van der Waals surface area contributed by atoms with E-state index in [0.717, 1.165) is 30.6 Å². The van der Waals surface area contributed by atoms with Crippen LogP contribution in [0.25, 0.3) is 0 Å². The van der Waals surface area contributed by atoms with E-state index in [1.165, 1.54) is 7.11 Å². The Morgan fingerprint density at radius 3 is 3.00 bits per heavy atom. The summed E-state index contributed by atoms with van der Waals surface area (Å²) in [5, 5.41) is 0. The minimum Gasteiger partial charge on any atom is -0.347 e. The van der Waals surface area contributed by atoms with Crippen molar-refractivity contribution in [2.24, 2.45) is 4.99 Å². The molecule has 2 aromatic rings. The quantitative estimate of drug-likeness (QED) is 0.382. The van der Waals surface area contributed by atoms with Crippen molar-refractivity contribution in [2.75, 3.05) is 13.7 Å². The van der Waals surface area contributed by atoms with E-state index in [1.54, 1.807) is 12.4 Å². The second-order valence-electron chi connectivity index (χ2n) is 5.49. The summed E-state index contributed by atoms with van der Waals surface area (Å²) in [6.45, 7) is 0.689. The molecular formula is C17H20N4O3. The number of aliphatic imine (C=N–C) groups is 1. The maximum atomic E-state index is 13.1. The van der Waals surface area contributed by atoms with Crippen LogP contribution in [0.5, 0.6) is 0 Å². The third-order valence-electron chi connectivity index (χ3n) is 4.07. The number of imidazole rings is 1. The number of aromatic nitrogens is 2. The van der Waals surface area contributed by atoms with Gasteiger partial charge in [0.2, 0.25) is 6.40 Å². The fourth-order valence-electron chi connectivity index (χ4n) is 2.99. The summed E-state index contributed by atoms with van der Waals surface area (Å²) >= 11 is 0. The predicted octanol–water partition coefficient (Wildman–Crippen LogP) is 2.42. The molecule has 0 saturated carbocycles. The first-order valence-electron chi connectivity index (χ1n) is 7.87. The molecule has 2 heterocycles. The summed E-state index contributed by atoms with van der Waals surface area (Å²) in [4.78, 5) is 35.9. The number of benzene rings is 1. The zero-order valence-corrected chi connectivity index (χ0v) is 13.5. The van der Waals surface area contributed by atoms with Crippen molar-refractivity contribution >= 4 is 12.3 Å². The molecule has 7 nitrogen and oxygen atoms in total. The molecule has 3 rings (SSSR count). The number of H-pyrrole nitrogens is 1. The largest absolute Gasteiger partial charge is 0.347 e. The molecule has 1 fully saturated rings. The molecular weight excluding hydrogens is 308 g/mol. The lowest BCUT2D eigenvalue weighted by atomic mass is 10.1. The second kappa shape index (κ2) is 7.74. The Kier molecular flexibility index (Phi) is 5.22. The van der Waals surface area contributed by atoms with Gasteiger partial charge in [-0.05, 0) is 18.4 Å². The van der Waals surface area contributed by atoms with Crippen molar-refractivity contribution in [3.8, 4) is 0 Å². The Morgan fingerprint density at radius 1 is 1.46 bits per heavy atom. The molecule has 0 bridgehead atoms. The number of rotatable bonds is 6. The van der Waals surface area contributed by atoms with Crippen molar-refractivity contribution in [1.82, 2.24) is 14.9 Å². The number of hydrogen-bond donors (Lipinski definition) is 1. The van der Waals surface area contributed by atoms with Gasteiger partial charge in [0.25, 0.3) is 5.91 Å². The average Bonchev–Trinajstić information content (AvgIpc) is 3.29. The maximum absolute atomic E-state index is 13.1. The fraction of sp³-hybridized carbons (Fsp3) is 0.353. The topological polar surface area (TPSA) is 79.8 Å². The van der Waals surface area contributed by atoms with Crippen LogP contribution in [-0.4, -0.2) is 40.8 Å². The molecule has 0 spiro atoms. The van der Waals surface area contributed by atoms with E-state index < -0.39 is 6.04 Å². The molecule has 126 valence electrons. The summed E-state index contributed by atoms with van der Waals surface area (Å²) in [6.07, 6.45) is 6.47. The molecule has 24 heavy (non-hydrogen) atoms. The summed E-state index contributed by atoms with van der Waals surface area (Å²) < 4.78 is 0. The molecule has 7 heteroatoms. The first-order chi connectivity index (χ1) is 11.8. The molecule has 0 radical (unpaired) electrons. The zero-order valence-electron chi connectivity index (χ0n) is 13.5. The monoisotopic (exact) mass is 328 g/mol. The van der Waals surface area contributed by atoms with Gasteiger partial charge in [0.05, 0.1) is 13.2 Å². The highest BCUT2D eigenvalue weighted by Crippen LogP contribution is 2.33. The summed E-state index contributed by atoms with van der Waals surface area (Å²) in [6, 6.07) is 8.72. The summed E-state index contributed by atoms with van der Waals surface area (Å²) in [5.74, 6) is 0.737. The average molecular weight is 328 g/mol. The van der Waals surface area contributed by atoms with E-state index in [9.17, 15) is 4.79 Å². The van der Waals surface area contributed by atoms with E-state index in [1.807, 2.05) is 35.2 Å². The van der Waals surface area contributed by atoms with Crippen molar-refractivity contribution in [2.45, 2.75) is 24.9 Å². The Bertz CT molecular complexity index is 672. The SMILES string of the molecule is COOC=N[C@H](C(=O)N1CCC[C@H]1c1ncc[nH]1)c1ccccc1. The van der Waals surface area contributed by atoms with E-state index in [-0.39, 0.29) is 11.9 Å². The summed E-state index contributed by atoms with van der Waals surface area (Å²) in [7, 11) is 1.39. The van der Waals surface area contributed by atoms with Crippen LogP contribution in [0.4, 0.5) is 0 Å². The van der Waals surface area contributed by atoms with Crippen molar-refractivity contribution < 1.29 is 14.6 Å². The molecule has 1 N–H and O–H groups in total. The van der Waals surface area contributed by atoms with E-state index in [2.05, 4.69) is 19.8 Å². The third kappa shape index (κ3) is 3.46. The van der Waals surface area contributed by atoms with E-state index in [0.29, 0.717) is 6.54 Å². The lowest BCUT2D eigenvalue weighted by Gasteiger charge is -2.26. The van der Waals surface area contributed by atoms with Gasteiger partial charge >= 0.3 is 0 Å². The number of amides is 1. The van der Waals surface area contributed by atoms with Gasteiger partial charge in [0.15, 0.2) is 6.04 Å². The molecule has 1 aliphatic rings. The van der Waals surface area contributed by atoms with Crippen molar-refractivity contribution in [1.29, 1.82) is 0 Å². The van der Waals surface area contributed by atoms with Crippen LogP contribution in [0.1, 0.15) is 36.3 Å². The Labute approximate surface area is 140 Å². The Hall–Kier alpha value is -2.67. The number of nitrogens with one attached hydrogen (secondary N) is 1. The third-order valence-corrected chi connectivity index (χ3v) is 4.07. The van der Waals surface area contributed by atoms with Gasteiger partial charge in [0, 0.05) is 18.9 Å². The standard InChI is InChI=1S/C17H20N4O3/c1-23-24-12-20-15(13-6-3-2-4-7-13)17(22)21-11-5-8-14(21)16-18-9-10-19-16/h2-4,6-7,9-10,12,14-15H,5,8,11H2,1H3,(H,18,19)/t14-,15-/m0/s1. The minimum atomic E-state index is -0.670. The fourth-order valence-corrected chi connectivity index (χ4v) is 2.99. The molecule has 0 unspecified atom stereocenters. The van der Waals surface area contributed by atoms with Crippen LogP contribution in [0.15, 0.2) is 47.7 Å². The molecule has 2 atom stereocenters. The lowest BCUT2D eigenvalue weighted by Crippen LogP contribution is -2.34. The van der Waals surface area contributed by atoms with Crippen molar-refractivity contribution in [3.05, 3.63) is 54.1 Å². The van der Waals surface area contributed by atoms with E-state index >= 15 is 0 Å². The number of likely N-dealkylation sites (tertiary alicyclic amines) is 1. The molecule has 1 aromatic carbocycles. The van der Waals surface area contributed by atoms with Gasteiger partial charge in [-0.3, -0.25) is 4.79 Å². The minimum absolute atomic E-state index is 0.0442. The number of aromatic amines is 1. The zero-order chi connectivity index (χ0) is 16.8. The highest BCUT2D eigenvalue weighted by atomic mass is 17.2. The molecule has 1 aromatic heterocycles. The van der Waals surface area contributed by atoms with Crippen LogP contribution in [0, 0.1) is 0 Å². The van der Waals surface area contributed by atoms with E-state index in [4.69, 9.17) is 4.89 Å². The Morgan fingerprint density at radius 2 is 2.29 bits per heavy atom. The van der Waals surface area contributed by atoms with Gasteiger partial charge in [-0.1, -0.05) is 30.3 Å². The van der Waals surface area contributed by atoms with Gasteiger partial charge < -0.3 is 14.8 Å². The first kappa shape index (κ1) is 16.2. The van der Waals surface area contributed by atoms with Crippen LogP contribution < -0.4 is 0 Å². The second-order valence-corrected chi connectivity index (χ2v) is 5.49. The van der Waals surface area contributed by atoms with Gasteiger partial charge in [-0.15, -0.1) is 0 Å². The van der Waals surface area contributed by atoms with Crippen molar-refractivity contribution in [3.63, 3.8) is 0 Å². The molecule has 1 aliphatic heterocycles. The van der Waals surface area contributed by atoms with Gasteiger partial charge in [-0.25, -0.2) is 9.98 Å². The molecule has 1 saturated heterocycles. The number of carbonyl (C=O) groups excluding carboxylic acids is 1. The summed E-state index contributed by atoms with van der Waals surface area (Å²) in [5.41, 5.74) is 0.809. The maximum Gasteiger partial charge on any atom is 0.252 e. The number of nitrogens with zero attached hydrogens (tertiary/aromatic N) is 3. The molecule has 0 aliphatic carbocycles. The van der Waals surface area contributed by atoms with Crippen LogP contribution in [0.3, 0.4) is 0 Å². The lowest BCUT2D eigenvalue weighted by molar-refractivity contribution is -0.188. The smallest absolute Gasteiger partial charge is 0.252 e. The predicted molar refractivity (Wildman–Crippen MR) is 88.0 cm³/mol. The normalized spacial score (nSPS) is 18.9. The first-order valence-corrected chi connectivity index (χ1v) is 7.87. The van der Waals surface area contributed by atoms with Gasteiger partial charge in [0.1, 0.15) is 5.82 Å². The number of carbonyl (C=O) groups is 1. The van der Waals surface area contributed by atoms with Crippen LogP contribution in [-0.2, 0) is 14.6 Å². The molecule has 1 amide bonds. The Balaban J connectivity index is 1.85. The number of hydrogen-bond acceptors (Lipinski definition) is 5. The highest BCUT2D eigenvalue weighted by Gasteiger charge is 2.35. The van der Waals surface area contributed by atoms with Crippen LogP contribution >= 0.6 is 0 Å². The van der Waals surface area contributed by atoms with Crippen LogP contribution in [0.2, 0.25) is 0 Å². The highest BCUT2D eigenvalue weighted by molar-refractivity contribution is 5.85. The van der Waals surface area contributed by atoms with Gasteiger partial charge in [-0.2, -0.15) is 4.89 Å².